The molecule has 0 atom stereocenters. The number of halogens is 2. The average Bonchev–Trinajstić information content (AvgIpc) is 3.18. The van der Waals surface area contributed by atoms with Gasteiger partial charge in [-0.1, -0.05) is 17.7 Å². The maximum Gasteiger partial charge on any atom is 0.413 e. The van der Waals surface area contributed by atoms with Crippen molar-refractivity contribution in [3.8, 4) is 11.1 Å². The molecule has 0 unspecified atom stereocenters. The van der Waals surface area contributed by atoms with Crippen molar-refractivity contribution < 1.29 is 28.2 Å². The number of carbonyl (C=O) groups is 2. The molecular formula is C21H18ClFN2O5. The molecule has 30 heavy (non-hydrogen) atoms. The van der Waals surface area contributed by atoms with E-state index in [1.165, 1.54) is 19.2 Å². The molecule has 7 nitrogen and oxygen atoms in total. The summed E-state index contributed by atoms with van der Waals surface area (Å²) in [6, 6.07) is 9.25. The van der Waals surface area contributed by atoms with Crippen LogP contribution in [0, 0.1) is 5.82 Å². The van der Waals surface area contributed by atoms with Gasteiger partial charge in [0.1, 0.15) is 5.82 Å². The molecule has 4 rings (SSSR count). The standard InChI is InChI=1S/C21H18ClFN2O5/c1-24(21(27)28)18-11-14-8-13(10-16(22)19(14)30-18)12-2-3-17(23)15(9-12)20(26)25-4-6-29-7-5-25/h2-3,8-11H,4-7H2,1H3,(H,27,28). The Morgan fingerprint density at radius 2 is 1.87 bits per heavy atom. The van der Waals surface area contributed by atoms with Gasteiger partial charge < -0.3 is 19.2 Å². The second-order valence-electron chi connectivity index (χ2n) is 6.90. The van der Waals surface area contributed by atoms with Gasteiger partial charge in [-0.25, -0.2) is 9.18 Å². The van der Waals surface area contributed by atoms with Crippen molar-refractivity contribution in [1.29, 1.82) is 0 Å². The number of carboxylic acid groups (broad SMARTS) is 1. The molecule has 2 heterocycles. The van der Waals surface area contributed by atoms with Crippen LogP contribution >= 0.6 is 11.6 Å². The van der Waals surface area contributed by atoms with Crippen LogP contribution in [0.4, 0.5) is 15.1 Å². The number of ether oxygens (including phenoxy) is 1. The Kier molecular flexibility index (Phi) is 5.36. The van der Waals surface area contributed by atoms with E-state index in [0.29, 0.717) is 48.4 Å². The summed E-state index contributed by atoms with van der Waals surface area (Å²) in [5.41, 5.74) is 1.57. The molecule has 0 saturated carbocycles. The zero-order valence-corrected chi connectivity index (χ0v) is 16.8. The minimum atomic E-state index is -1.17. The van der Waals surface area contributed by atoms with Crippen LogP contribution in [0.1, 0.15) is 10.4 Å². The average molecular weight is 433 g/mol. The first-order valence-corrected chi connectivity index (χ1v) is 9.59. The van der Waals surface area contributed by atoms with Crippen molar-refractivity contribution in [3.05, 3.63) is 52.8 Å². The van der Waals surface area contributed by atoms with Gasteiger partial charge >= 0.3 is 6.09 Å². The van der Waals surface area contributed by atoms with E-state index in [0.717, 1.165) is 4.90 Å². The fourth-order valence-electron chi connectivity index (χ4n) is 3.33. The summed E-state index contributed by atoms with van der Waals surface area (Å²) in [6.07, 6.45) is -1.17. The summed E-state index contributed by atoms with van der Waals surface area (Å²) in [7, 11) is 1.36. The van der Waals surface area contributed by atoms with E-state index in [4.69, 9.17) is 25.9 Å². The summed E-state index contributed by atoms with van der Waals surface area (Å²) in [4.78, 5) is 26.4. The topological polar surface area (TPSA) is 83.2 Å². The molecule has 3 aromatic rings. The number of fused-ring (bicyclic) bond motifs is 1. The molecule has 1 N–H and O–H groups in total. The monoisotopic (exact) mass is 432 g/mol. The summed E-state index contributed by atoms with van der Waals surface area (Å²) < 4.78 is 25.2. The third kappa shape index (κ3) is 3.71. The summed E-state index contributed by atoms with van der Waals surface area (Å²) in [5, 5.41) is 10.00. The van der Waals surface area contributed by atoms with Crippen LogP contribution in [0.3, 0.4) is 0 Å². The number of nitrogens with zero attached hydrogens (tertiary/aromatic N) is 2. The Morgan fingerprint density at radius 3 is 2.57 bits per heavy atom. The highest BCUT2D eigenvalue weighted by atomic mass is 35.5. The van der Waals surface area contributed by atoms with E-state index in [1.54, 1.807) is 29.2 Å². The molecule has 1 aliphatic rings. The number of amides is 2. The van der Waals surface area contributed by atoms with Gasteiger partial charge in [0.2, 0.25) is 5.88 Å². The molecule has 1 fully saturated rings. The Labute approximate surface area is 176 Å². The minimum Gasteiger partial charge on any atom is -0.465 e. The Balaban J connectivity index is 1.73. The third-order valence-corrected chi connectivity index (χ3v) is 5.28. The highest BCUT2D eigenvalue weighted by molar-refractivity contribution is 6.35. The first kappa shape index (κ1) is 20.2. The van der Waals surface area contributed by atoms with Crippen molar-refractivity contribution in [2.24, 2.45) is 0 Å². The Bertz CT molecular complexity index is 1140. The van der Waals surface area contributed by atoms with Crippen LogP contribution in [0.25, 0.3) is 22.1 Å². The van der Waals surface area contributed by atoms with E-state index in [-0.39, 0.29) is 16.5 Å². The highest BCUT2D eigenvalue weighted by Crippen LogP contribution is 2.36. The lowest BCUT2D eigenvalue weighted by Gasteiger charge is -2.27. The largest absolute Gasteiger partial charge is 0.465 e. The van der Waals surface area contributed by atoms with E-state index in [9.17, 15) is 14.0 Å². The molecule has 1 aliphatic heterocycles. The van der Waals surface area contributed by atoms with Crippen molar-refractivity contribution in [2.45, 2.75) is 0 Å². The first-order chi connectivity index (χ1) is 14.3. The number of benzene rings is 2. The van der Waals surface area contributed by atoms with Gasteiger partial charge in [0.05, 0.1) is 23.8 Å². The zero-order valence-electron chi connectivity index (χ0n) is 16.0. The number of rotatable bonds is 3. The van der Waals surface area contributed by atoms with E-state index < -0.39 is 17.8 Å². The van der Waals surface area contributed by atoms with Gasteiger partial charge in [-0.3, -0.25) is 9.69 Å². The molecule has 0 radical (unpaired) electrons. The Hall–Kier alpha value is -3.10. The van der Waals surface area contributed by atoms with E-state index >= 15 is 0 Å². The smallest absolute Gasteiger partial charge is 0.413 e. The molecule has 9 heteroatoms. The number of hydrogen-bond donors (Lipinski definition) is 1. The van der Waals surface area contributed by atoms with Crippen molar-refractivity contribution >= 4 is 40.5 Å². The number of hydrogen-bond acceptors (Lipinski definition) is 4. The SMILES string of the molecule is CN(C(=O)O)c1cc2cc(-c3ccc(F)c(C(=O)N4CCOCC4)c3)cc(Cl)c2o1. The molecule has 2 amide bonds. The van der Waals surface area contributed by atoms with Gasteiger partial charge in [0, 0.05) is 31.6 Å². The lowest BCUT2D eigenvalue weighted by atomic mass is 10.0. The minimum absolute atomic E-state index is 0.0240. The van der Waals surface area contributed by atoms with Gasteiger partial charge in [-0.05, 0) is 35.4 Å². The van der Waals surface area contributed by atoms with Crippen molar-refractivity contribution in [1.82, 2.24) is 4.90 Å². The summed E-state index contributed by atoms with van der Waals surface area (Å²) in [5.74, 6) is -0.867. The van der Waals surface area contributed by atoms with Gasteiger partial charge in [-0.15, -0.1) is 0 Å². The molecule has 156 valence electrons. The number of morpholine rings is 1. The second-order valence-corrected chi connectivity index (χ2v) is 7.31. The maximum atomic E-state index is 14.4. The number of anilines is 1. The molecule has 1 saturated heterocycles. The van der Waals surface area contributed by atoms with Crippen LogP contribution in [-0.4, -0.2) is 55.4 Å². The lowest BCUT2D eigenvalue weighted by Crippen LogP contribution is -2.41. The maximum absolute atomic E-state index is 14.4. The normalized spacial score (nSPS) is 14.2. The molecule has 0 aliphatic carbocycles. The van der Waals surface area contributed by atoms with Crippen LogP contribution < -0.4 is 4.90 Å². The predicted molar refractivity (Wildman–Crippen MR) is 110 cm³/mol. The van der Waals surface area contributed by atoms with Crippen molar-refractivity contribution in [2.75, 3.05) is 38.3 Å². The number of carbonyl (C=O) groups excluding carboxylic acids is 1. The highest BCUT2D eigenvalue weighted by Gasteiger charge is 2.22. The molecule has 2 aromatic carbocycles. The van der Waals surface area contributed by atoms with Crippen LogP contribution in [0.5, 0.6) is 0 Å². The molecular weight excluding hydrogens is 415 g/mol. The van der Waals surface area contributed by atoms with Gasteiger partial charge in [0.15, 0.2) is 5.58 Å². The third-order valence-electron chi connectivity index (χ3n) is 5.00. The Morgan fingerprint density at radius 1 is 1.13 bits per heavy atom. The second kappa shape index (κ2) is 7.97. The van der Waals surface area contributed by atoms with E-state index in [2.05, 4.69) is 0 Å². The predicted octanol–water partition coefficient (Wildman–Crippen LogP) is 4.48. The van der Waals surface area contributed by atoms with Crippen LogP contribution in [-0.2, 0) is 4.74 Å². The van der Waals surface area contributed by atoms with Crippen molar-refractivity contribution in [3.63, 3.8) is 0 Å². The molecule has 0 bridgehead atoms. The van der Waals surface area contributed by atoms with E-state index in [1.807, 2.05) is 0 Å². The van der Waals surface area contributed by atoms with Crippen LogP contribution in [0.2, 0.25) is 5.02 Å². The number of furan rings is 1. The van der Waals surface area contributed by atoms with Gasteiger partial charge in [-0.2, -0.15) is 0 Å². The molecule has 1 aromatic heterocycles. The zero-order chi connectivity index (χ0) is 21.4. The quantitative estimate of drug-likeness (QED) is 0.659. The van der Waals surface area contributed by atoms with Gasteiger partial charge in [0.25, 0.3) is 5.91 Å². The molecule has 0 spiro atoms. The fourth-order valence-corrected chi connectivity index (χ4v) is 3.59. The lowest BCUT2D eigenvalue weighted by molar-refractivity contribution is 0.0300. The van der Waals surface area contributed by atoms with Crippen LogP contribution in [0.15, 0.2) is 40.8 Å². The fraction of sp³-hybridized carbons (Fsp3) is 0.238. The first-order valence-electron chi connectivity index (χ1n) is 9.22. The summed E-state index contributed by atoms with van der Waals surface area (Å²) >= 11 is 6.34. The summed E-state index contributed by atoms with van der Waals surface area (Å²) in [6.45, 7) is 1.67.